The van der Waals surface area contributed by atoms with Gasteiger partial charge in [-0.25, -0.2) is 0 Å². The number of phenols is 1. The highest BCUT2D eigenvalue weighted by Gasteiger charge is 2.31. The van der Waals surface area contributed by atoms with E-state index in [4.69, 9.17) is 4.74 Å². The number of phenolic OH excluding ortho intramolecular Hbond substituents is 1. The van der Waals surface area contributed by atoms with E-state index < -0.39 is 5.97 Å². The van der Waals surface area contributed by atoms with Gasteiger partial charge in [-0.05, 0) is 48.6 Å². The molecule has 0 amide bonds. The van der Waals surface area contributed by atoms with E-state index in [0.717, 1.165) is 24.0 Å². The summed E-state index contributed by atoms with van der Waals surface area (Å²) in [5, 5.41) is 10.6. The fourth-order valence-corrected chi connectivity index (χ4v) is 3.34. The molecule has 3 nitrogen and oxygen atoms in total. The highest BCUT2D eigenvalue weighted by Crippen LogP contribution is 2.49. The lowest BCUT2D eigenvalue weighted by molar-refractivity contribution is -0.132. The van der Waals surface area contributed by atoms with Crippen LogP contribution in [0.1, 0.15) is 69.1 Å². The van der Waals surface area contributed by atoms with Gasteiger partial charge in [-0.2, -0.15) is 0 Å². The standard InChI is InChI=1S/C17H24O3/c1-9(2)13-7-6-10(3)15-14(13)8-11(4)17(16(15)19)20-12(5)18/h8-10,13,19H,6-7H2,1-5H3. The van der Waals surface area contributed by atoms with Crippen molar-refractivity contribution in [1.29, 1.82) is 0 Å². The summed E-state index contributed by atoms with van der Waals surface area (Å²) in [4.78, 5) is 11.2. The molecular weight excluding hydrogens is 252 g/mol. The molecule has 1 aromatic rings. The Morgan fingerprint density at radius 2 is 2.05 bits per heavy atom. The Kier molecular flexibility index (Phi) is 4.07. The SMILES string of the molecule is CC(=O)Oc1c(C)cc2c(c1O)C(C)CCC2C(C)C. The number of carbonyl (C=O) groups is 1. The highest BCUT2D eigenvalue weighted by molar-refractivity contribution is 5.72. The summed E-state index contributed by atoms with van der Waals surface area (Å²) in [5.41, 5.74) is 3.03. The first kappa shape index (κ1) is 14.9. The van der Waals surface area contributed by atoms with Crippen LogP contribution < -0.4 is 4.74 Å². The predicted octanol–water partition coefficient (Wildman–Crippen LogP) is 4.26. The van der Waals surface area contributed by atoms with E-state index in [-0.39, 0.29) is 5.75 Å². The maximum Gasteiger partial charge on any atom is 0.308 e. The van der Waals surface area contributed by atoms with Gasteiger partial charge in [0.15, 0.2) is 11.5 Å². The fraction of sp³-hybridized carbons (Fsp3) is 0.588. The molecule has 0 aliphatic heterocycles. The molecule has 0 fully saturated rings. The molecule has 2 atom stereocenters. The summed E-state index contributed by atoms with van der Waals surface area (Å²) in [6, 6.07) is 2.09. The Labute approximate surface area is 121 Å². The van der Waals surface area contributed by atoms with Crippen molar-refractivity contribution in [2.24, 2.45) is 5.92 Å². The molecule has 3 heteroatoms. The average molecular weight is 276 g/mol. The minimum absolute atomic E-state index is 0.160. The van der Waals surface area contributed by atoms with Crippen LogP contribution in [0.4, 0.5) is 0 Å². The number of carbonyl (C=O) groups excluding carboxylic acids is 1. The molecule has 0 spiro atoms. The van der Waals surface area contributed by atoms with Crippen LogP contribution in [-0.2, 0) is 4.79 Å². The van der Waals surface area contributed by atoms with Crippen molar-refractivity contribution in [2.75, 3.05) is 0 Å². The van der Waals surface area contributed by atoms with Crippen molar-refractivity contribution in [3.63, 3.8) is 0 Å². The average Bonchev–Trinajstić information content (AvgIpc) is 2.33. The van der Waals surface area contributed by atoms with E-state index in [2.05, 4.69) is 26.8 Å². The summed E-state index contributed by atoms with van der Waals surface area (Å²) >= 11 is 0. The Morgan fingerprint density at radius 3 is 2.60 bits per heavy atom. The van der Waals surface area contributed by atoms with E-state index in [0.29, 0.717) is 23.5 Å². The lowest BCUT2D eigenvalue weighted by atomic mass is 9.72. The van der Waals surface area contributed by atoms with Crippen LogP contribution in [0.15, 0.2) is 6.07 Å². The molecule has 0 bridgehead atoms. The summed E-state index contributed by atoms with van der Waals surface area (Å²) in [7, 11) is 0. The minimum atomic E-state index is -0.396. The molecular formula is C17H24O3. The van der Waals surface area contributed by atoms with E-state index in [9.17, 15) is 9.90 Å². The number of aryl methyl sites for hydroxylation is 1. The van der Waals surface area contributed by atoms with Crippen molar-refractivity contribution >= 4 is 5.97 Å². The largest absolute Gasteiger partial charge is 0.504 e. The molecule has 20 heavy (non-hydrogen) atoms. The molecule has 1 N–H and O–H groups in total. The Balaban J connectivity index is 2.60. The number of esters is 1. The van der Waals surface area contributed by atoms with Gasteiger partial charge in [-0.15, -0.1) is 0 Å². The van der Waals surface area contributed by atoms with Crippen molar-refractivity contribution in [3.8, 4) is 11.5 Å². The summed E-state index contributed by atoms with van der Waals surface area (Å²) < 4.78 is 5.20. The smallest absolute Gasteiger partial charge is 0.308 e. The predicted molar refractivity (Wildman–Crippen MR) is 79.4 cm³/mol. The zero-order valence-electron chi connectivity index (χ0n) is 13.0. The summed E-state index contributed by atoms with van der Waals surface area (Å²) in [6.07, 6.45) is 2.21. The van der Waals surface area contributed by atoms with Crippen LogP contribution in [-0.4, -0.2) is 11.1 Å². The van der Waals surface area contributed by atoms with Crippen LogP contribution in [0.5, 0.6) is 11.5 Å². The van der Waals surface area contributed by atoms with Crippen molar-refractivity contribution in [1.82, 2.24) is 0 Å². The van der Waals surface area contributed by atoms with Crippen LogP contribution in [0.2, 0.25) is 0 Å². The molecule has 1 aliphatic rings. The first-order valence-electron chi connectivity index (χ1n) is 7.37. The van der Waals surface area contributed by atoms with Gasteiger partial charge in [0.2, 0.25) is 0 Å². The van der Waals surface area contributed by atoms with Crippen molar-refractivity contribution in [2.45, 2.75) is 59.3 Å². The molecule has 0 radical (unpaired) electrons. The van der Waals surface area contributed by atoms with Crippen LogP contribution in [0.3, 0.4) is 0 Å². The molecule has 2 unspecified atom stereocenters. The lowest BCUT2D eigenvalue weighted by Crippen LogP contribution is -2.18. The number of hydrogen-bond donors (Lipinski definition) is 1. The van der Waals surface area contributed by atoms with Gasteiger partial charge < -0.3 is 9.84 Å². The van der Waals surface area contributed by atoms with Gasteiger partial charge in [-0.1, -0.05) is 26.8 Å². The van der Waals surface area contributed by atoms with E-state index >= 15 is 0 Å². The maximum absolute atomic E-state index is 11.2. The van der Waals surface area contributed by atoms with Crippen molar-refractivity contribution in [3.05, 3.63) is 22.8 Å². The van der Waals surface area contributed by atoms with Crippen LogP contribution in [0.25, 0.3) is 0 Å². The highest BCUT2D eigenvalue weighted by atomic mass is 16.5. The van der Waals surface area contributed by atoms with E-state index in [1.165, 1.54) is 12.5 Å². The second kappa shape index (κ2) is 5.47. The molecule has 110 valence electrons. The number of rotatable bonds is 2. The van der Waals surface area contributed by atoms with Gasteiger partial charge in [0, 0.05) is 12.5 Å². The Hall–Kier alpha value is -1.51. The number of fused-ring (bicyclic) bond motifs is 1. The summed E-state index contributed by atoms with van der Waals surface area (Å²) in [5.74, 6) is 1.40. The first-order chi connectivity index (χ1) is 9.32. The third-order valence-corrected chi connectivity index (χ3v) is 4.36. The van der Waals surface area contributed by atoms with Gasteiger partial charge in [0.1, 0.15) is 0 Å². The number of aromatic hydroxyl groups is 1. The summed E-state index contributed by atoms with van der Waals surface area (Å²) in [6.45, 7) is 9.81. The zero-order chi connectivity index (χ0) is 15.0. The fourth-order valence-electron chi connectivity index (χ4n) is 3.34. The quantitative estimate of drug-likeness (QED) is 0.648. The second-order valence-electron chi connectivity index (χ2n) is 6.30. The molecule has 2 rings (SSSR count). The topological polar surface area (TPSA) is 46.5 Å². The zero-order valence-corrected chi connectivity index (χ0v) is 13.0. The van der Waals surface area contributed by atoms with Gasteiger partial charge in [0.05, 0.1) is 0 Å². The maximum atomic E-state index is 11.2. The number of hydrogen-bond acceptors (Lipinski definition) is 3. The van der Waals surface area contributed by atoms with Gasteiger partial charge >= 0.3 is 5.97 Å². The Morgan fingerprint density at radius 1 is 1.40 bits per heavy atom. The first-order valence-corrected chi connectivity index (χ1v) is 7.37. The Bertz CT molecular complexity index is 532. The van der Waals surface area contributed by atoms with Gasteiger partial charge in [-0.3, -0.25) is 4.79 Å². The minimum Gasteiger partial charge on any atom is -0.504 e. The van der Waals surface area contributed by atoms with E-state index in [1.54, 1.807) is 0 Å². The molecule has 0 saturated carbocycles. The van der Waals surface area contributed by atoms with E-state index in [1.807, 2.05) is 6.92 Å². The van der Waals surface area contributed by atoms with Crippen LogP contribution in [0, 0.1) is 12.8 Å². The number of benzene rings is 1. The second-order valence-corrected chi connectivity index (χ2v) is 6.30. The number of ether oxygens (including phenoxy) is 1. The lowest BCUT2D eigenvalue weighted by Gasteiger charge is -2.33. The molecule has 0 heterocycles. The molecule has 1 aliphatic carbocycles. The van der Waals surface area contributed by atoms with Crippen molar-refractivity contribution < 1.29 is 14.6 Å². The monoisotopic (exact) mass is 276 g/mol. The third-order valence-electron chi connectivity index (χ3n) is 4.36. The van der Waals surface area contributed by atoms with Crippen LogP contribution >= 0.6 is 0 Å². The third kappa shape index (κ3) is 2.54. The normalized spacial score (nSPS) is 21.7. The molecule has 1 aromatic carbocycles. The molecule has 0 aromatic heterocycles. The van der Waals surface area contributed by atoms with Gasteiger partial charge in [0.25, 0.3) is 0 Å². The molecule has 0 saturated heterocycles.